The minimum Gasteiger partial charge on any atom is -0.369 e. The highest BCUT2D eigenvalue weighted by molar-refractivity contribution is 7.09. The molecule has 2 aliphatic heterocycles. The molecule has 0 aliphatic carbocycles. The lowest BCUT2D eigenvalue weighted by molar-refractivity contribution is -0.115. The lowest BCUT2D eigenvalue weighted by Gasteiger charge is -2.38. The van der Waals surface area contributed by atoms with Crippen LogP contribution in [-0.2, 0) is 11.3 Å². The normalized spacial score (nSPS) is 27.6. The topological polar surface area (TPSA) is 63.2 Å². The molecule has 2 atom stereocenters. The van der Waals surface area contributed by atoms with E-state index in [9.17, 15) is 0 Å². The lowest BCUT2D eigenvalue weighted by Crippen LogP contribution is -2.45. The molecule has 7 heteroatoms. The van der Waals surface area contributed by atoms with Gasteiger partial charge in [0.05, 0.1) is 18.2 Å². The summed E-state index contributed by atoms with van der Waals surface area (Å²) in [5.74, 6) is 0.678. The first-order valence-electron chi connectivity index (χ1n) is 8.61. The summed E-state index contributed by atoms with van der Waals surface area (Å²) in [5, 5.41) is 6.54. The third kappa shape index (κ3) is 3.74. The van der Waals surface area contributed by atoms with Crippen molar-refractivity contribution < 1.29 is 4.74 Å². The van der Waals surface area contributed by atoms with E-state index in [0.29, 0.717) is 5.95 Å². The smallest absolute Gasteiger partial charge is 0.222 e. The number of rotatable bonds is 5. The summed E-state index contributed by atoms with van der Waals surface area (Å²) in [6, 6.07) is 1.83. The fraction of sp³-hybridized carbons (Fsp3) is 0.588. The molecule has 2 aromatic rings. The van der Waals surface area contributed by atoms with Gasteiger partial charge in [0.15, 0.2) is 0 Å². The SMILES string of the molecule is c1cnc(NC[C@@H]2CCC[C@@]3(CCN(Cc4nccs4)C3)O2)nc1. The molecule has 2 fully saturated rings. The van der Waals surface area contributed by atoms with Crippen LogP contribution in [0.4, 0.5) is 5.95 Å². The van der Waals surface area contributed by atoms with E-state index in [2.05, 4.69) is 25.2 Å². The number of ether oxygens (including phenoxy) is 1. The first-order chi connectivity index (χ1) is 11.8. The number of nitrogens with one attached hydrogen (secondary N) is 1. The maximum Gasteiger partial charge on any atom is 0.222 e. The molecule has 0 unspecified atom stereocenters. The molecule has 128 valence electrons. The maximum absolute atomic E-state index is 6.53. The van der Waals surface area contributed by atoms with Crippen molar-refractivity contribution in [3.63, 3.8) is 0 Å². The second kappa shape index (κ2) is 7.13. The highest BCUT2D eigenvalue weighted by Crippen LogP contribution is 2.37. The van der Waals surface area contributed by atoms with Crippen LogP contribution >= 0.6 is 11.3 Å². The van der Waals surface area contributed by atoms with E-state index < -0.39 is 0 Å². The molecule has 0 aromatic carbocycles. The van der Waals surface area contributed by atoms with Crippen LogP contribution in [0, 0.1) is 0 Å². The summed E-state index contributed by atoms with van der Waals surface area (Å²) >= 11 is 1.73. The Bertz CT molecular complexity index is 638. The summed E-state index contributed by atoms with van der Waals surface area (Å²) in [4.78, 5) is 15.3. The van der Waals surface area contributed by atoms with Crippen molar-refractivity contribution in [3.8, 4) is 0 Å². The lowest BCUT2D eigenvalue weighted by atomic mass is 9.90. The van der Waals surface area contributed by atoms with E-state index in [1.54, 1.807) is 23.7 Å². The maximum atomic E-state index is 6.53. The molecule has 4 rings (SSSR count). The van der Waals surface area contributed by atoms with Crippen molar-refractivity contribution in [2.45, 2.75) is 43.9 Å². The number of nitrogens with zero attached hydrogens (tertiary/aromatic N) is 4. The second-order valence-electron chi connectivity index (χ2n) is 6.65. The number of anilines is 1. The van der Waals surface area contributed by atoms with Crippen LogP contribution in [-0.4, -0.2) is 51.2 Å². The van der Waals surface area contributed by atoms with Crippen molar-refractivity contribution in [1.29, 1.82) is 0 Å². The van der Waals surface area contributed by atoms with Gasteiger partial charge in [-0.15, -0.1) is 11.3 Å². The molecule has 1 N–H and O–H groups in total. The van der Waals surface area contributed by atoms with E-state index in [1.165, 1.54) is 17.8 Å². The monoisotopic (exact) mass is 345 g/mol. The molecule has 0 saturated carbocycles. The molecular formula is C17H23N5OS. The molecule has 4 heterocycles. The fourth-order valence-corrected chi connectivity index (χ4v) is 4.41. The number of hydrogen-bond acceptors (Lipinski definition) is 7. The standard InChI is InChI=1S/C17H23N5OS/c1-3-14(11-21-16-19-6-2-7-20-16)23-17(4-1)5-9-22(13-17)12-15-18-8-10-24-15/h2,6-8,10,14H,1,3-5,9,11-13H2,(H,19,20,21)/t14-,17-/m0/s1. The van der Waals surface area contributed by atoms with Crippen molar-refractivity contribution in [2.24, 2.45) is 0 Å². The number of hydrogen-bond donors (Lipinski definition) is 1. The Balaban J connectivity index is 1.31. The molecule has 6 nitrogen and oxygen atoms in total. The van der Waals surface area contributed by atoms with E-state index in [1.807, 2.05) is 17.6 Å². The van der Waals surface area contributed by atoms with Crippen molar-refractivity contribution >= 4 is 17.3 Å². The summed E-state index contributed by atoms with van der Waals surface area (Å²) in [6.45, 7) is 3.84. The van der Waals surface area contributed by atoms with Crippen LogP contribution in [0.3, 0.4) is 0 Å². The molecule has 0 bridgehead atoms. The van der Waals surface area contributed by atoms with Crippen molar-refractivity contribution in [2.75, 3.05) is 25.0 Å². The van der Waals surface area contributed by atoms with Crippen LogP contribution in [0.5, 0.6) is 0 Å². The zero-order chi connectivity index (χ0) is 16.2. The van der Waals surface area contributed by atoms with E-state index in [4.69, 9.17) is 4.74 Å². The average molecular weight is 345 g/mol. The van der Waals surface area contributed by atoms with Gasteiger partial charge in [0.2, 0.25) is 5.95 Å². The Hall–Kier alpha value is -1.57. The quantitative estimate of drug-likeness (QED) is 0.898. The Labute approximate surface area is 146 Å². The van der Waals surface area contributed by atoms with Gasteiger partial charge < -0.3 is 10.1 Å². The molecule has 2 saturated heterocycles. The first kappa shape index (κ1) is 15.9. The van der Waals surface area contributed by atoms with Gasteiger partial charge >= 0.3 is 0 Å². The van der Waals surface area contributed by atoms with Crippen LogP contribution in [0.2, 0.25) is 0 Å². The fourth-order valence-electron chi connectivity index (χ4n) is 3.75. The van der Waals surface area contributed by atoms with E-state index in [-0.39, 0.29) is 11.7 Å². The van der Waals surface area contributed by atoms with E-state index in [0.717, 1.165) is 39.0 Å². The molecule has 0 amide bonds. The molecule has 2 aromatic heterocycles. The predicted octanol–water partition coefficient (Wildman–Crippen LogP) is 2.56. The molecule has 1 spiro atoms. The van der Waals surface area contributed by atoms with Gasteiger partial charge in [-0.2, -0.15) is 0 Å². The Morgan fingerprint density at radius 2 is 2.17 bits per heavy atom. The Morgan fingerprint density at radius 1 is 1.25 bits per heavy atom. The van der Waals surface area contributed by atoms with Crippen LogP contribution < -0.4 is 5.32 Å². The summed E-state index contributed by atoms with van der Waals surface area (Å²) in [7, 11) is 0. The first-order valence-corrected chi connectivity index (χ1v) is 9.49. The minimum atomic E-state index is 0.0272. The number of aromatic nitrogens is 3. The van der Waals surface area contributed by atoms with Gasteiger partial charge in [-0.3, -0.25) is 4.90 Å². The second-order valence-corrected chi connectivity index (χ2v) is 7.63. The van der Waals surface area contributed by atoms with Crippen molar-refractivity contribution in [1.82, 2.24) is 19.9 Å². The zero-order valence-electron chi connectivity index (χ0n) is 13.7. The molecule has 0 radical (unpaired) electrons. The third-order valence-electron chi connectivity index (χ3n) is 4.87. The summed E-state index contributed by atoms with van der Waals surface area (Å²) in [6.07, 6.45) is 10.3. The van der Waals surface area contributed by atoms with Crippen LogP contribution in [0.25, 0.3) is 0 Å². The van der Waals surface area contributed by atoms with Gasteiger partial charge in [-0.25, -0.2) is 15.0 Å². The van der Waals surface area contributed by atoms with Gasteiger partial charge in [0.1, 0.15) is 5.01 Å². The Kier molecular flexibility index (Phi) is 4.73. The largest absolute Gasteiger partial charge is 0.369 e. The van der Waals surface area contributed by atoms with Gasteiger partial charge in [-0.05, 0) is 31.7 Å². The molecular weight excluding hydrogens is 322 g/mol. The van der Waals surface area contributed by atoms with Gasteiger partial charge in [-0.1, -0.05) is 0 Å². The summed E-state index contributed by atoms with van der Waals surface area (Å²) < 4.78 is 6.53. The number of likely N-dealkylation sites (tertiary alicyclic amines) is 1. The zero-order valence-corrected chi connectivity index (χ0v) is 14.5. The highest BCUT2D eigenvalue weighted by atomic mass is 32.1. The molecule has 24 heavy (non-hydrogen) atoms. The number of thiazole rings is 1. The molecule has 2 aliphatic rings. The van der Waals surface area contributed by atoms with E-state index >= 15 is 0 Å². The Morgan fingerprint density at radius 3 is 3.00 bits per heavy atom. The van der Waals surface area contributed by atoms with Crippen LogP contribution in [0.1, 0.15) is 30.7 Å². The summed E-state index contributed by atoms with van der Waals surface area (Å²) in [5.41, 5.74) is 0.0272. The predicted molar refractivity (Wildman–Crippen MR) is 94.0 cm³/mol. The van der Waals surface area contributed by atoms with Gasteiger partial charge in [0.25, 0.3) is 0 Å². The van der Waals surface area contributed by atoms with Crippen LogP contribution in [0.15, 0.2) is 30.0 Å². The highest BCUT2D eigenvalue weighted by Gasteiger charge is 2.42. The average Bonchev–Trinajstić information content (AvgIpc) is 3.25. The van der Waals surface area contributed by atoms with Crippen molar-refractivity contribution in [3.05, 3.63) is 35.0 Å². The third-order valence-corrected chi connectivity index (χ3v) is 5.63. The minimum absolute atomic E-state index is 0.0272. The van der Waals surface area contributed by atoms with Gasteiger partial charge in [0, 0.05) is 43.6 Å².